The molecule has 1 aliphatic heterocycles. The number of amides is 1. The van der Waals surface area contributed by atoms with E-state index in [1.165, 1.54) is 0 Å². The summed E-state index contributed by atoms with van der Waals surface area (Å²) in [4.78, 5) is 25.6. The molecule has 0 spiro atoms. The van der Waals surface area contributed by atoms with E-state index >= 15 is 0 Å². The first-order chi connectivity index (χ1) is 11.0. The second-order valence-corrected chi connectivity index (χ2v) is 6.04. The maximum atomic E-state index is 12.2. The fraction of sp³-hybridized carbons (Fsp3) is 0.500. The first kappa shape index (κ1) is 17.9. The van der Waals surface area contributed by atoms with E-state index < -0.39 is 0 Å². The molecule has 0 bridgehead atoms. The predicted molar refractivity (Wildman–Crippen MR) is 91.2 cm³/mol. The smallest absolute Gasteiger partial charge is 0.321 e. The van der Waals surface area contributed by atoms with Crippen LogP contribution in [0.5, 0.6) is 5.75 Å². The average molecular weight is 385 g/mol. The Bertz CT molecular complexity index is 562. The normalized spacial score (nSPS) is 15.3. The highest BCUT2D eigenvalue weighted by Crippen LogP contribution is 2.26. The molecule has 0 atom stereocenters. The number of carbonyl (C=O) groups is 2. The Hall–Kier alpha value is -1.44. The molecule has 6 nitrogen and oxygen atoms in total. The first-order valence-electron chi connectivity index (χ1n) is 7.47. The summed E-state index contributed by atoms with van der Waals surface area (Å²) >= 11 is 3.06. The Morgan fingerprint density at radius 2 is 1.87 bits per heavy atom. The van der Waals surface area contributed by atoms with Crippen molar-refractivity contribution in [3.63, 3.8) is 0 Å². The van der Waals surface area contributed by atoms with E-state index in [1.807, 2.05) is 13.8 Å². The van der Waals surface area contributed by atoms with Gasteiger partial charge < -0.3 is 14.8 Å². The molecule has 0 aliphatic carbocycles. The number of ether oxygens (including phenoxy) is 2. The number of halogens is 1. The molecule has 2 rings (SSSR count). The van der Waals surface area contributed by atoms with Gasteiger partial charge in [0.05, 0.1) is 19.8 Å². The molecule has 1 amide bonds. The highest BCUT2D eigenvalue weighted by atomic mass is 79.9. The SMILES string of the molecule is Cc1cc(OC(=O)CBr)cc(C)c1NC(=O)CN1CCOCC1. The van der Waals surface area contributed by atoms with Gasteiger partial charge in [-0.05, 0) is 37.1 Å². The van der Waals surface area contributed by atoms with E-state index in [0.717, 1.165) is 29.9 Å². The van der Waals surface area contributed by atoms with Crippen LogP contribution in [-0.2, 0) is 14.3 Å². The van der Waals surface area contributed by atoms with Crippen molar-refractivity contribution in [3.05, 3.63) is 23.3 Å². The van der Waals surface area contributed by atoms with Crippen molar-refractivity contribution < 1.29 is 19.1 Å². The molecule has 1 aromatic rings. The number of morpholine rings is 1. The van der Waals surface area contributed by atoms with E-state index in [1.54, 1.807) is 12.1 Å². The van der Waals surface area contributed by atoms with Crippen LogP contribution in [0.15, 0.2) is 12.1 Å². The molecule has 1 aliphatic rings. The Morgan fingerprint density at radius 3 is 2.43 bits per heavy atom. The molecule has 0 aromatic heterocycles. The minimum atomic E-state index is -0.354. The number of nitrogens with zero attached hydrogens (tertiary/aromatic N) is 1. The van der Waals surface area contributed by atoms with E-state index in [2.05, 4.69) is 26.1 Å². The molecule has 7 heteroatoms. The van der Waals surface area contributed by atoms with Gasteiger partial charge in [0.15, 0.2) is 0 Å². The van der Waals surface area contributed by atoms with E-state index in [4.69, 9.17) is 9.47 Å². The summed E-state index contributed by atoms with van der Waals surface area (Å²) in [7, 11) is 0. The molecule has 1 N–H and O–H groups in total. The molecule has 0 saturated carbocycles. The van der Waals surface area contributed by atoms with E-state index in [-0.39, 0.29) is 17.2 Å². The Labute approximate surface area is 144 Å². The third kappa shape index (κ3) is 5.30. The summed E-state index contributed by atoms with van der Waals surface area (Å²) in [5.41, 5.74) is 2.48. The topological polar surface area (TPSA) is 67.9 Å². The van der Waals surface area contributed by atoms with Gasteiger partial charge >= 0.3 is 5.97 Å². The van der Waals surface area contributed by atoms with Crippen molar-refractivity contribution in [1.82, 2.24) is 4.90 Å². The van der Waals surface area contributed by atoms with Crippen molar-refractivity contribution in [1.29, 1.82) is 0 Å². The Kier molecular flexibility index (Phi) is 6.56. The van der Waals surface area contributed by atoms with Crippen molar-refractivity contribution in [2.45, 2.75) is 13.8 Å². The van der Waals surface area contributed by atoms with Gasteiger partial charge in [0, 0.05) is 18.8 Å². The van der Waals surface area contributed by atoms with Gasteiger partial charge in [0.1, 0.15) is 11.1 Å². The van der Waals surface area contributed by atoms with Gasteiger partial charge in [-0.15, -0.1) is 0 Å². The third-order valence-electron chi connectivity index (χ3n) is 3.58. The number of hydrogen-bond donors (Lipinski definition) is 1. The summed E-state index contributed by atoms with van der Waals surface area (Å²) < 4.78 is 10.5. The van der Waals surface area contributed by atoms with Gasteiger partial charge in [0.2, 0.25) is 5.91 Å². The van der Waals surface area contributed by atoms with Crippen LogP contribution >= 0.6 is 15.9 Å². The van der Waals surface area contributed by atoms with Gasteiger partial charge in [-0.2, -0.15) is 0 Å². The number of carbonyl (C=O) groups excluding carboxylic acids is 2. The van der Waals surface area contributed by atoms with E-state index in [9.17, 15) is 9.59 Å². The molecular weight excluding hydrogens is 364 g/mol. The molecule has 1 aromatic carbocycles. The molecule has 23 heavy (non-hydrogen) atoms. The molecule has 1 heterocycles. The summed E-state index contributed by atoms with van der Waals surface area (Å²) in [5.74, 6) is 0.0758. The lowest BCUT2D eigenvalue weighted by molar-refractivity contribution is -0.131. The number of nitrogens with one attached hydrogen (secondary N) is 1. The maximum Gasteiger partial charge on any atom is 0.321 e. The van der Waals surface area contributed by atoms with Crippen molar-refractivity contribution >= 4 is 33.5 Å². The second kappa shape index (κ2) is 8.42. The largest absolute Gasteiger partial charge is 0.426 e. The minimum absolute atomic E-state index is 0.0525. The van der Waals surface area contributed by atoms with Crippen LogP contribution in [0.3, 0.4) is 0 Å². The highest BCUT2D eigenvalue weighted by Gasteiger charge is 2.16. The number of benzene rings is 1. The zero-order valence-corrected chi connectivity index (χ0v) is 14.9. The summed E-state index contributed by atoms with van der Waals surface area (Å²) in [6.07, 6.45) is 0. The van der Waals surface area contributed by atoms with Crippen LogP contribution in [0.25, 0.3) is 0 Å². The highest BCUT2D eigenvalue weighted by molar-refractivity contribution is 9.09. The Morgan fingerprint density at radius 1 is 1.26 bits per heavy atom. The summed E-state index contributed by atoms with van der Waals surface area (Å²) in [6.45, 7) is 6.98. The minimum Gasteiger partial charge on any atom is -0.426 e. The lowest BCUT2D eigenvalue weighted by Crippen LogP contribution is -2.41. The van der Waals surface area contributed by atoms with Crippen LogP contribution in [0.4, 0.5) is 5.69 Å². The predicted octanol–water partition coefficient (Wildman–Crippen LogP) is 1.87. The maximum absolute atomic E-state index is 12.2. The number of hydrogen-bond acceptors (Lipinski definition) is 5. The fourth-order valence-corrected chi connectivity index (χ4v) is 2.59. The average Bonchev–Trinajstić information content (AvgIpc) is 2.52. The molecule has 1 saturated heterocycles. The lowest BCUT2D eigenvalue weighted by Gasteiger charge is -2.26. The van der Waals surface area contributed by atoms with Gasteiger partial charge in [-0.25, -0.2) is 0 Å². The fourth-order valence-electron chi connectivity index (χ4n) is 2.48. The Balaban J connectivity index is 2.01. The van der Waals surface area contributed by atoms with Crippen LogP contribution in [0, 0.1) is 13.8 Å². The van der Waals surface area contributed by atoms with Crippen LogP contribution in [-0.4, -0.2) is 55.0 Å². The zero-order chi connectivity index (χ0) is 16.8. The number of esters is 1. The number of aryl methyl sites for hydroxylation is 2. The zero-order valence-electron chi connectivity index (χ0n) is 13.4. The lowest BCUT2D eigenvalue weighted by atomic mass is 10.1. The van der Waals surface area contributed by atoms with Gasteiger partial charge in [-0.1, -0.05) is 15.9 Å². The van der Waals surface area contributed by atoms with Crippen molar-refractivity contribution in [2.75, 3.05) is 43.5 Å². The standard InChI is InChI=1S/C16H21BrN2O4/c1-11-7-13(23-15(21)9-17)8-12(2)16(11)18-14(20)10-19-3-5-22-6-4-19/h7-8H,3-6,9-10H2,1-2H3,(H,18,20). The molecular formula is C16H21BrN2O4. The van der Waals surface area contributed by atoms with Crippen molar-refractivity contribution in [2.24, 2.45) is 0 Å². The first-order valence-corrected chi connectivity index (χ1v) is 8.59. The number of rotatable bonds is 5. The van der Waals surface area contributed by atoms with Crippen LogP contribution in [0.1, 0.15) is 11.1 Å². The molecule has 1 fully saturated rings. The van der Waals surface area contributed by atoms with Gasteiger partial charge in [-0.3, -0.25) is 14.5 Å². The number of anilines is 1. The molecule has 126 valence electrons. The monoisotopic (exact) mass is 384 g/mol. The number of alkyl halides is 1. The molecule has 0 unspecified atom stereocenters. The third-order valence-corrected chi connectivity index (χ3v) is 4.04. The van der Waals surface area contributed by atoms with Crippen molar-refractivity contribution in [3.8, 4) is 5.75 Å². The van der Waals surface area contributed by atoms with Crippen LogP contribution < -0.4 is 10.1 Å². The second-order valence-electron chi connectivity index (χ2n) is 5.48. The summed E-state index contributed by atoms with van der Waals surface area (Å²) in [5, 5.41) is 3.09. The summed E-state index contributed by atoms with van der Waals surface area (Å²) in [6, 6.07) is 3.50. The quantitative estimate of drug-likeness (QED) is 0.476. The van der Waals surface area contributed by atoms with Crippen LogP contribution in [0.2, 0.25) is 0 Å². The molecule has 0 radical (unpaired) electrons. The van der Waals surface area contributed by atoms with Gasteiger partial charge in [0.25, 0.3) is 0 Å². The van der Waals surface area contributed by atoms with E-state index in [0.29, 0.717) is 25.5 Å².